The third-order valence-corrected chi connectivity index (χ3v) is 10.7. The quantitative estimate of drug-likeness (QED) is 0.583. The van der Waals surface area contributed by atoms with Crippen molar-refractivity contribution in [3.63, 3.8) is 0 Å². The van der Waals surface area contributed by atoms with Crippen molar-refractivity contribution in [1.82, 2.24) is 9.80 Å². The molecule has 0 aromatic heterocycles. The number of fused-ring (bicyclic) bond motifs is 3. The summed E-state index contributed by atoms with van der Waals surface area (Å²) in [7, 11) is 0. The Hall–Kier alpha value is -1.47. The summed E-state index contributed by atoms with van der Waals surface area (Å²) in [4.78, 5) is 30.0. The highest BCUT2D eigenvalue weighted by Gasteiger charge is 2.67. The number of benzene rings is 1. The summed E-state index contributed by atoms with van der Waals surface area (Å²) in [6.07, 6.45) is 11.1. The van der Waals surface area contributed by atoms with Crippen LogP contribution in [0.15, 0.2) is 24.3 Å². The van der Waals surface area contributed by atoms with Gasteiger partial charge in [0.1, 0.15) is 0 Å². The Bertz CT molecular complexity index is 974. The zero-order valence-corrected chi connectivity index (χ0v) is 20.0. The predicted octanol–water partition coefficient (Wildman–Crippen LogP) is 4.20. The zero-order valence-electron chi connectivity index (χ0n) is 20.0. The average molecular weight is 465 g/mol. The molecule has 1 atom stereocenters. The molecule has 2 saturated heterocycles. The lowest BCUT2D eigenvalue weighted by molar-refractivity contribution is -0.390. The molecule has 4 bridgehead atoms. The van der Waals surface area contributed by atoms with Crippen molar-refractivity contribution in [2.45, 2.75) is 87.9 Å². The molecule has 3 aliphatic heterocycles. The van der Waals surface area contributed by atoms with Gasteiger partial charge in [-0.05, 0) is 74.3 Å². The minimum Gasteiger partial charge on any atom is -0.333 e. The first-order chi connectivity index (χ1) is 16.6. The molecule has 7 fully saturated rings. The second kappa shape index (κ2) is 7.28. The van der Waals surface area contributed by atoms with E-state index in [9.17, 15) is 4.79 Å². The number of amides is 1. The van der Waals surface area contributed by atoms with Crippen molar-refractivity contribution < 1.29 is 19.3 Å². The fourth-order valence-corrected chi connectivity index (χ4v) is 9.18. The summed E-state index contributed by atoms with van der Waals surface area (Å²) in [6.45, 7) is 2.34. The van der Waals surface area contributed by atoms with E-state index in [-0.39, 0.29) is 11.9 Å². The second-order valence-corrected chi connectivity index (χ2v) is 12.4. The molecule has 1 aromatic carbocycles. The summed E-state index contributed by atoms with van der Waals surface area (Å²) in [5.74, 6) is 2.02. The maximum absolute atomic E-state index is 13.1. The van der Waals surface area contributed by atoms with Crippen LogP contribution in [0.1, 0.15) is 75.0 Å². The summed E-state index contributed by atoms with van der Waals surface area (Å²) in [5, 5.41) is 0. The van der Waals surface area contributed by atoms with Gasteiger partial charge >= 0.3 is 0 Å². The third kappa shape index (κ3) is 2.92. The van der Waals surface area contributed by atoms with Crippen molar-refractivity contribution in [3.8, 4) is 0 Å². The molecule has 6 nitrogen and oxygen atoms in total. The van der Waals surface area contributed by atoms with E-state index in [1.54, 1.807) is 0 Å². The van der Waals surface area contributed by atoms with Crippen LogP contribution < -0.4 is 0 Å². The molecule has 3 heterocycles. The molecular formula is C28H36N2O4. The predicted molar refractivity (Wildman–Crippen MR) is 124 cm³/mol. The molecule has 5 saturated carbocycles. The highest BCUT2D eigenvalue weighted by molar-refractivity contribution is 5.80. The Kier molecular flexibility index (Phi) is 4.43. The summed E-state index contributed by atoms with van der Waals surface area (Å²) in [5.41, 5.74) is 2.76. The van der Waals surface area contributed by atoms with Crippen LogP contribution >= 0.6 is 0 Å². The lowest BCUT2D eigenvalue weighted by Gasteiger charge is -2.57. The Labute approximate surface area is 201 Å². The SMILES string of the molecule is O=C1CN(C2CCC3(CC2)OOC2(O3)C3CC4CC(C3)CC2C4)CC2c3ccccc3CCN12. The fraction of sp³-hybridized carbons (Fsp3) is 0.750. The molecule has 0 radical (unpaired) electrons. The molecule has 9 rings (SSSR count). The van der Waals surface area contributed by atoms with Crippen molar-refractivity contribution in [2.24, 2.45) is 23.7 Å². The third-order valence-electron chi connectivity index (χ3n) is 10.7. The van der Waals surface area contributed by atoms with Gasteiger partial charge in [-0.2, -0.15) is 9.78 Å². The van der Waals surface area contributed by atoms with E-state index in [0.29, 0.717) is 24.4 Å². The molecule has 34 heavy (non-hydrogen) atoms. The topological polar surface area (TPSA) is 51.2 Å². The van der Waals surface area contributed by atoms with Gasteiger partial charge in [0.25, 0.3) is 0 Å². The lowest BCUT2D eigenvalue weighted by Crippen LogP contribution is -2.60. The van der Waals surface area contributed by atoms with E-state index < -0.39 is 11.6 Å². The number of piperazine rings is 1. The number of nitrogens with zero attached hydrogens (tertiary/aromatic N) is 2. The highest BCUT2D eigenvalue weighted by Crippen LogP contribution is 2.63. The van der Waals surface area contributed by atoms with Crippen LogP contribution in [-0.4, -0.2) is 53.0 Å². The molecule has 1 aromatic rings. The molecule has 2 spiro atoms. The van der Waals surface area contributed by atoms with Gasteiger partial charge in [0.15, 0.2) is 0 Å². The van der Waals surface area contributed by atoms with Crippen LogP contribution in [0.2, 0.25) is 0 Å². The van der Waals surface area contributed by atoms with Crippen molar-refractivity contribution in [3.05, 3.63) is 35.4 Å². The van der Waals surface area contributed by atoms with E-state index in [2.05, 4.69) is 34.1 Å². The maximum Gasteiger partial charge on any atom is 0.237 e. The van der Waals surface area contributed by atoms with Crippen LogP contribution in [0.5, 0.6) is 0 Å². The van der Waals surface area contributed by atoms with Crippen LogP contribution in [0.4, 0.5) is 0 Å². The average Bonchev–Trinajstić information content (AvgIpc) is 3.22. The lowest BCUT2D eigenvalue weighted by atomic mass is 9.53. The Balaban J connectivity index is 0.970. The first-order valence-electron chi connectivity index (χ1n) is 13.8. The van der Waals surface area contributed by atoms with Gasteiger partial charge in [-0.15, -0.1) is 0 Å². The number of carbonyl (C=O) groups excluding carboxylic acids is 1. The van der Waals surface area contributed by atoms with E-state index in [1.807, 2.05) is 0 Å². The number of ether oxygens (including phenoxy) is 1. The monoisotopic (exact) mass is 464 g/mol. The molecule has 6 heteroatoms. The minimum absolute atomic E-state index is 0.195. The molecule has 0 N–H and O–H groups in total. The number of carbonyl (C=O) groups is 1. The zero-order chi connectivity index (χ0) is 22.5. The van der Waals surface area contributed by atoms with E-state index >= 15 is 0 Å². The van der Waals surface area contributed by atoms with Gasteiger partial charge < -0.3 is 9.64 Å². The van der Waals surface area contributed by atoms with Crippen LogP contribution in [0.25, 0.3) is 0 Å². The van der Waals surface area contributed by atoms with E-state index in [0.717, 1.165) is 57.0 Å². The normalized spacial score (nSPS) is 47.4. The second-order valence-electron chi connectivity index (χ2n) is 12.4. The van der Waals surface area contributed by atoms with Crippen molar-refractivity contribution in [2.75, 3.05) is 19.6 Å². The standard InChI is InChI=1S/C28H36N2O4/c31-26-17-29(16-25-24-4-2-1-3-20(24)7-10-30(25)26)23-5-8-27(9-6-23)32-28(34-33-27)21-12-18-11-19(14-21)15-22(28)13-18/h1-4,18-19,21-23,25H,5-17H2. The smallest absolute Gasteiger partial charge is 0.237 e. The van der Waals surface area contributed by atoms with Crippen molar-refractivity contribution in [1.29, 1.82) is 0 Å². The number of hydrogen-bond donors (Lipinski definition) is 0. The van der Waals surface area contributed by atoms with Gasteiger partial charge in [0.2, 0.25) is 17.5 Å². The van der Waals surface area contributed by atoms with Gasteiger partial charge in [-0.3, -0.25) is 9.69 Å². The minimum atomic E-state index is -0.574. The highest BCUT2D eigenvalue weighted by atomic mass is 17.3. The van der Waals surface area contributed by atoms with Crippen LogP contribution in [0.3, 0.4) is 0 Å². The molecular weight excluding hydrogens is 428 g/mol. The van der Waals surface area contributed by atoms with Gasteiger partial charge in [-0.25, -0.2) is 0 Å². The Morgan fingerprint density at radius 1 is 0.912 bits per heavy atom. The van der Waals surface area contributed by atoms with Crippen molar-refractivity contribution >= 4 is 5.91 Å². The summed E-state index contributed by atoms with van der Waals surface area (Å²) < 4.78 is 6.91. The molecule has 1 unspecified atom stereocenters. The first kappa shape index (κ1) is 20.7. The van der Waals surface area contributed by atoms with Crippen LogP contribution in [0, 0.1) is 23.7 Å². The molecule has 5 aliphatic carbocycles. The van der Waals surface area contributed by atoms with Gasteiger partial charge in [-0.1, -0.05) is 24.3 Å². The first-order valence-corrected chi connectivity index (χ1v) is 13.8. The maximum atomic E-state index is 13.1. The molecule has 8 aliphatic rings. The van der Waals surface area contributed by atoms with Crippen LogP contribution in [-0.2, 0) is 25.7 Å². The van der Waals surface area contributed by atoms with E-state index in [4.69, 9.17) is 14.5 Å². The Morgan fingerprint density at radius 2 is 1.65 bits per heavy atom. The number of rotatable bonds is 1. The largest absolute Gasteiger partial charge is 0.333 e. The number of hydrogen-bond acceptors (Lipinski definition) is 5. The molecule has 1 amide bonds. The summed E-state index contributed by atoms with van der Waals surface area (Å²) in [6, 6.07) is 9.30. The van der Waals surface area contributed by atoms with Gasteiger partial charge in [0.05, 0.1) is 12.6 Å². The summed E-state index contributed by atoms with van der Waals surface area (Å²) >= 11 is 0. The fourth-order valence-electron chi connectivity index (χ4n) is 9.18. The van der Waals surface area contributed by atoms with Gasteiger partial charge in [0, 0.05) is 43.8 Å². The van der Waals surface area contributed by atoms with E-state index in [1.165, 1.54) is 43.2 Å². The molecule has 182 valence electrons. The Morgan fingerprint density at radius 3 is 2.41 bits per heavy atom.